The van der Waals surface area contributed by atoms with Crippen LogP contribution in [0.5, 0.6) is 0 Å². The van der Waals surface area contributed by atoms with Crippen molar-refractivity contribution in [2.75, 3.05) is 5.32 Å². The first kappa shape index (κ1) is 16.4. The van der Waals surface area contributed by atoms with Crippen LogP contribution >= 0.6 is 0 Å². The highest BCUT2D eigenvalue weighted by molar-refractivity contribution is 6.02. The van der Waals surface area contributed by atoms with Gasteiger partial charge in [0, 0.05) is 5.69 Å². The van der Waals surface area contributed by atoms with Crippen LogP contribution in [0.25, 0.3) is 0 Å². The Balaban J connectivity index is 1.68. The zero-order chi connectivity index (χ0) is 18.0. The summed E-state index contributed by atoms with van der Waals surface area (Å²) in [6, 6.07) is 8.85. The van der Waals surface area contributed by atoms with E-state index in [4.69, 9.17) is 4.42 Å². The first-order chi connectivity index (χ1) is 11.9. The Labute approximate surface area is 143 Å². The van der Waals surface area contributed by atoms with Gasteiger partial charge >= 0.3 is 5.69 Å². The molecule has 25 heavy (non-hydrogen) atoms. The quantitative estimate of drug-likeness (QED) is 0.567. The molecule has 1 amide bonds. The summed E-state index contributed by atoms with van der Waals surface area (Å²) in [6.45, 7) is 4.17. The Bertz CT molecular complexity index is 942. The lowest BCUT2D eigenvalue weighted by molar-refractivity contribution is -0.385. The number of amides is 1. The number of hydrogen-bond donors (Lipinski definition) is 1. The molecule has 0 saturated heterocycles. The summed E-state index contributed by atoms with van der Waals surface area (Å²) in [7, 11) is 0. The molecule has 3 rings (SSSR count). The number of benzene rings is 1. The number of aromatic nitrogens is 2. The fourth-order valence-corrected chi connectivity index (χ4v) is 2.29. The molecule has 8 heteroatoms. The van der Waals surface area contributed by atoms with Gasteiger partial charge in [-0.1, -0.05) is 6.07 Å². The Morgan fingerprint density at radius 2 is 2.08 bits per heavy atom. The van der Waals surface area contributed by atoms with Gasteiger partial charge in [0.2, 0.25) is 0 Å². The average molecular weight is 340 g/mol. The van der Waals surface area contributed by atoms with Crippen LogP contribution in [0.1, 0.15) is 27.4 Å². The third-order valence-electron chi connectivity index (χ3n) is 3.80. The molecule has 3 aromatic rings. The van der Waals surface area contributed by atoms with Crippen LogP contribution in [0, 0.1) is 24.0 Å². The van der Waals surface area contributed by atoms with Crippen molar-refractivity contribution < 1.29 is 14.1 Å². The first-order valence-corrected chi connectivity index (χ1v) is 7.56. The van der Waals surface area contributed by atoms with Gasteiger partial charge in [0.1, 0.15) is 18.2 Å². The van der Waals surface area contributed by atoms with Crippen molar-refractivity contribution in [3.63, 3.8) is 0 Å². The molecule has 0 radical (unpaired) electrons. The number of hydrogen-bond acceptors (Lipinski definition) is 5. The maximum absolute atomic E-state index is 12.3. The molecule has 2 heterocycles. The summed E-state index contributed by atoms with van der Waals surface area (Å²) >= 11 is 0. The van der Waals surface area contributed by atoms with Crippen LogP contribution in [-0.4, -0.2) is 20.6 Å². The van der Waals surface area contributed by atoms with E-state index in [0.717, 1.165) is 17.3 Å². The van der Waals surface area contributed by atoms with Crippen molar-refractivity contribution in [2.45, 2.75) is 20.4 Å². The van der Waals surface area contributed by atoms with Crippen LogP contribution in [-0.2, 0) is 6.54 Å². The average Bonchev–Trinajstić information content (AvgIpc) is 3.21. The van der Waals surface area contributed by atoms with Crippen LogP contribution in [0.4, 0.5) is 11.4 Å². The van der Waals surface area contributed by atoms with E-state index in [1.165, 1.54) is 10.9 Å². The normalized spacial score (nSPS) is 10.6. The minimum Gasteiger partial charge on any atom is -0.454 e. The van der Waals surface area contributed by atoms with E-state index < -0.39 is 4.92 Å². The van der Waals surface area contributed by atoms with Gasteiger partial charge in [-0.05, 0) is 49.2 Å². The van der Waals surface area contributed by atoms with Crippen molar-refractivity contribution in [3.8, 4) is 0 Å². The molecule has 0 aliphatic heterocycles. The summed E-state index contributed by atoms with van der Waals surface area (Å²) < 4.78 is 6.88. The molecule has 0 aliphatic rings. The van der Waals surface area contributed by atoms with Gasteiger partial charge in [0.05, 0.1) is 11.5 Å². The van der Waals surface area contributed by atoms with E-state index >= 15 is 0 Å². The van der Waals surface area contributed by atoms with Gasteiger partial charge in [0.15, 0.2) is 5.76 Å². The largest absolute Gasteiger partial charge is 0.454 e. The molecular formula is C17H16N4O4. The smallest absolute Gasteiger partial charge is 0.307 e. The molecule has 1 aromatic carbocycles. The maximum atomic E-state index is 12.3. The highest BCUT2D eigenvalue weighted by Gasteiger charge is 2.14. The minimum absolute atomic E-state index is 0.0979. The van der Waals surface area contributed by atoms with Crippen molar-refractivity contribution in [3.05, 3.63) is 75.5 Å². The standard InChI is InChI=1S/C17H16N4O4/c1-11-3-4-13(7-12(11)2)19-17(22)16-6-5-15(25-16)10-20-9-14(8-18-20)21(23)24/h3-9H,10H2,1-2H3,(H,19,22). The summed E-state index contributed by atoms with van der Waals surface area (Å²) in [6.07, 6.45) is 2.47. The number of nitrogens with zero attached hydrogens (tertiary/aromatic N) is 3. The van der Waals surface area contributed by atoms with E-state index in [1.54, 1.807) is 12.1 Å². The second-order valence-electron chi connectivity index (χ2n) is 5.67. The van der Waals surface area contributed by atoms with Crippen molar-refractivity contribution >= 4 is 17.3 Å². The first-order valence-electron chi connectivity index (χ1n) is 7.56. The Hall–Kier alpha value is -3.42. The summed E-state index contributed by atoms with van der Waals surface area (Å²) in [4.78, 5) is 22.4. The third kappa shape index (κ3) is 3.74. The zero-order valence-electron chi connectivity index (χ0n) is 13.7. The van der Waals surface area contributed by atoms with Crippen molar-refractivity contribution in [2.24, 2.45) is 0 Å². The van der Waals surface area contributed by atoms with Gasteiger partial charge in [-0.3, -0.25) is 19.6 Å². The van der Waals surface area contributed by atoms with E-state index in [0.29, 0.717) is 11.4 Å². The number of nitrogens with one attached hydrogen (secondary N) is 1. The van der Waals surface area contributed by atoms with Crippen molar-refractivity contribution in [1.29, 1.82) is 0 Å². The van der Waals surface area contributed by atoms with Gasteiger partial charge < -0.3 is 9.73 Å². The minimum atomic E-state index is -0.520. The summed E-state index contributed by atoms with van der Waals surface area (Å²) in [5.41, 5.74) is 2.82. The van der Waals surface area contributed by atoms with Gasteiger partial charge in [-0.15, -0.1) is 0 Å². The fourth-order valence-electron chi connectivity index (χ4n) is 2.29. The second-order valence-corrected chi connectivity index (χ2v) is 5.67. The van der Waals surface area contributed by atoms with E-state index in [2.05, 4.69) is 10.4 Å². The molecule has 0 atom stereocenters. The molecule has 0 bridgehead atoms. The predicted octanol–water partition coefficient (Wildman–Crippen LogP) is 3.30. The molecule has 0 saturated carbocycles. The number of aryl methyl sites for hydroxylation is 2. The Morgan fingerprint density at radius 3 is 2.76 bits per heavy atom. The highest BCUT2D eigenvalue weighted by Crippen LogP contribution is 2.17. The van der Waals surface area contributed by atoms with Gasteiger partial charge in [-0.2, -0.15) is 5.10 Å². The van der Waals surface area contributed by atoms with Gasteiger partial charge in [0.25, 0.3) is 5.91 Å². The second kappa shape index (κ2) is 6.60. The number of carbonyl (C=O) groups is 1. The lowest BCUT2D eigenvalue weighted by Gasteiger charge is -2.06. The number of anilines is 1. The number of carbonyl (C=O) groups excluding carboxylic acids is 1. The number of rotatable bonds is 5. The van der Waals surface area contributed by atoms with Gasteiger partial charge in [-0.25, -0.2) is 0 Å². The molecule has 8 nitrogen and oxygen atoms in total. The number of furan rings is 1. The molecular weight excluding hydrogens is 324 g/mol. The predicted molar refractivity (Wildman–Crippen MR) is 90.6 cm³/mol. The summed E-state index contributed by atoms with van der Waals surface area (Å²) in [5.74, 6) is 0.277. The molecule has 0 spiro atoms. The van der Waals surface area contributed by atoms with Crippen LogP contribution in [0.2, 0.25) is 0 Å². The molecule has 2 aromatic heterocycles. The maximum Gasteiger partial charge on any atom is 0.307 e. The van der Waals surface area contributed by atoms with Crippen LogP contribution in [0.15, 0.2) is 47.1 Å². The number of nitro groups is 1. The van der Waals surface area contributed by atoms with Crippen molar-refractivity contribution in [1.82, 2.24) is 9.78 Å². The summed E-state index contributed by atoms with van der Waals surface area (Å²) in [5, 5.41) is 17.3. The lowest BCUT2D eigenvalue weighted by atomic mass is 10.1. The van der Waals surface area contributed by atoms with Crippen LogP contribution in [0.3, 0.4) is 0 Å². The third-order valence-corrected chi connectivity index (χ3v) is 3.80. The van der Waals surface area contributed by atoms with Crippen LogP contribution < -0.4 is 5.32 Å². The zero-order valence-corrected chi connectivity index (χ0v) is 13.7. The Kier molecular flexibility index (Phi) is 4.34. The van der Waals surface area contributed by atoms with E-state index in [9.17, 15) is 14.9 Å². The molecule has 0 aliphatic carbocycles. The highest BCUT2D eigenvalue weighted by atomic mass is 16.6. The van der Waals surface area contributed by atoms with E-state index in [-0.39, 0.29) is 23.9 Å². The monoisotopic (exact) mass is 340 g/mol. The fraction of sp³-hybridized carbons (Fsp3) is 0.176. The molecule has 1 N–H and O–H groups in total. The topological polar surface area (TPSA) is 103 Å². The Morgan fingerprint density at radius 1 is 1.28 bits per heavy atom. The molecule has 0 fully saturated rings. The molecule has 0 unspecified atom stereocenters. The lowest BCUT2D eigenvalue weighted by Crippen LogP contribution is -2.11. The van der Waals surface area contributed by atoms with E-state index in [1.807, 2.05) is 32.0 Å². The molecule has 128 valence electrons. The SMILES string of the molecule is Cc1ccc(NC(=O)c2ccc(Cn3cc([N+](=O)[O-])cn3)o2)cc1C.